The van der Waals surface area contributed by atoms with Crippen molar-refractivity contribution in [1.82, 2.24) is 5.43 Å². The zero-order valence-electron chi connectivity index (χ0n) is 8.82. The Bertz CT molecular complexity index is 369. The fourth-order valence-electron chi connectivity index (χ4n) is 2.73. The van der Waals surface area contributed by atoms with E-state index in [1.54, 1.807) is 0 Å². The molecule has 1 fully saturated rings. The summed E-state index contributed by atoms with van der Waals surface area (Å²) < 4.78 is 0. The standard InChI is InChI=1S/C13H16N2/c1-2-6-10(7-3-1)13-11-8-4-5-9-12(11)14-15-13/h1-3,6-7,11,13,15H,4-5,8-9H2. The second kappa shape index (κ2) is 3.69. The highest BCUT2D eigenvalue weighted by Gasteiger charge is 2.33. The third-order valence-electron chi connectivity index (χ3n) is 3.53. The Morgan fingerprint density at radius 3 is 2.87 bits per heavy atom. The van der Waals surface area contributed by atoms with Gasteiger partial charge >= 0.3 is 0 Å². The molecule has 2 nitrogen and oxygen atoms in total. The minimum absolute atomic E-state index is 0.432. The highest BCUT2D eigenvalue weighted by atomic mass is 15.3. The third kappa shape index (κ3) is 1.54. The van der Waals surface area contributed by atoms with E-state index in [0.29, 0.717) is 12.0 Å². The van der Waals surface area contributed by atoms with Crippen molar-refractivity contribution in [2.75, 3.05) is 0 Å². The van der Waals surface area contributed by atoms with E-state index in [1.807, 2.05) is 0 Å². The summed E-state index contributed by atoms with van der Waals surface area (Å²) in [7, 11) is 0. The molecule has 2 unspecified atom stereocenters. The van der Waals surface area contributed by atoms with E-state index in [9.17, 15) is 0 Å². The molecule has 1 aromatic carbocycles. The molecule has 1 aliphatic heterocycles. The number of rotatable bonds is 1. The second-order valence-electron chi connectivity index (χ2n) is 4.47. The number of hydrogen-bond donors (Lipinski definition) is 1. The van der Waals surface area contributed by atoms with Crippen molar-refractivity contribution in [2.24, 2.45) is 11.0 Å². The van der Waals surface area contributed by atoms with Gasteiger partial charge < -0.3 is 5.43 Å². The summed E-state index contributed by atoms with van der Waals surface area (Å²) in [5.41, 5.74) is 6.08. The molecule has 2 aliphatic rings. The Balaban J connectivity index is 1.85. The van der Waals surface area contributed by atoms with Crippen LogP contribution in [0.2, 0.25) is 0 Å². The normalized spacial score (nSPS) is 29.2. The summed E-state index contributed by atoms with van der Waals surface area (Å²) in [4.78, 5) is 0. The van der Waals surface area contributed by atoms with Crippen LogP contribution in [0.1, 0.15) is 37.3 Å². The molecule has 0 saturated heterocycles. The second-order valence-corrected chi connectivity index (χ2v) is 4.47. The Hall–Kier alpha value is -1.31. The van der Waals surface area contributed by atoms with Crippen LogP contribution in [0.5, 0.6) is 0 Å². The van der Waals surface area contributed by atoms with E-state index in [0.717, 1.165) is 0 Å². The van der Waals surface area contributed by atoms with E-state index >= 15 is 0 Å². The summed E-state index contributed by atoms with van der Waals surface area (Å²) in [6.45, 7) is 0. The van der Waals surface area contributed by atoms with E-state index in [-0.39, 0.29) is 0 Å². The molecular formula is C13H16N2. The molecule has 0 radical (unpaired) electrons. The van der Waals surface area contributed by atoms with Crippen molar-refractivity contribution in [3.05, 3.63) is 35.9 Å². The highest BCUT2D eigenvalue weighted by molar-refractivity contribution is 5.89. The summed E-state index contributed by atoms with van der Waals surface area (Å²) in [5.74, 6) is 0.654. The maximum Gasteiger partial charge on any atom is 0.0770 e. The van der Waals surface area contributed by atoms with Crippen LogP contribution in [-0.2, 0) is 0 Å². The summed E-state index contributed by atoms with van der Waals surface area (Å²) in [5, 5.41) is 4.48. The Morgan fingerprint density at radius 2 is 2.00 bits per heavy atom. The molecule has 1 aromatic rings. The minimum atomic E-state index is 0.432. The molecule has 1 heterocycles. The monoisotopic (exact) mass is 200 g/mol. The molecule has 2 heteroatoms. The van der Waals surface area contributed by atoms with E-state index in [4.69, 9.17) is 0 Å². The van der Waals surface area contributed by atoms with Crippen LogP contribution in [0.3, 0.4) is 0 Å². The molecule has 1 saturated carbocycles. The smallest absolute Gasteiger partial charge is 0.0770 e. The Morgan fingerprint density at radius 1 is 1.13 bits per heavy atom. The van der Waals surface area contributed by atoms with Gasteiger partial charge in [0.2, 0.25) is 0 Å². The number of benzene rings is 1. The fraction of sp³-hybridized carbons (Fsp3) is 0.462. The van der Waals surface area contributed by atoms with Gasteiger partial charge in [0.05, 0.1) is 6.04 Å². The van der Waals surface area contributed by atoms with Gasteiger partial charge in [-0.25, -0.2) is 0 Å². The van der Waals surface area contributed by atoms with Crippen molar-refractivity contribution in [2.45, 2.75) is 31.7 Å². The lowest BCUT2D eigenvalue weighted by atomic mass is 9.81. The van der Waals surface area contributed by atoms with Crippen molar-refractivity contribution < 1.29 is 0 Å². The molecule has 0 amide bonds. The Labute approximate surface area is 90.4 Å². The summed E-state index contributed by atoms with van der Waals surface area (Å²) in [6, 6.07) is 11.1. The van der Waals surface area contributed by atoms with E-state index < -0.39 is 0 Å². The maximum atomic E-state index is 4.48. The first-order chi connectivity index (χ1) is 7.45. The van der Waals surface area contributed by atoms with E-state index in [2.05, 4.69) is 40.9 Å². The summed E-state index contributed by atoms with van der Waals surface area (Å²) >= 11 is 0. The predicted molar refractivity (Wildman–Crippen MR) is 61.7 cm³/mol. The molecule has 0 bridgehead atoms. The largest absolute Gasteiger partial charge is 0.302 e. The van der Waals surface area contributed by atoms with Crippen LogP contribution in [0, 0.1) is 5.92 Å². The molecule has 1 N–H and O–H groups in total. The zero-order valence-corrected chi connectivity index (χ0v) is 8.82. The van der Waals surface area contributed by atoms with Crippen LogP contribution in [0.4, 0.5) is 0 Å². The van der Waals surface area contributed by atoms with Gasteiger partial charge in [-0.3, -0.25) is 0 Å². The number of nitrogens with one attached hydrogen (secondary N) is 1. The van der Waals surface area contributed by atoms with Gasteiger partial charge in [0.25, 0.3) is 0 Å². The van der Waals surface area contributed by atoms with Crippen LogP contribution in [-0.4, -0.2) is 5.71 Å². The molecular weight excluding hydrogens is 184 g/mol. The third-order valence-corrected chi connectivity index (χ3v) is 3.53. The lowest BCUT2D eigenvalue weighted by Crippen LogP contribution is -2.23. The SMILES string of the molecule is c1ccc(C2NN=C3CCCCC32)cc1. The number of hydrazone groups is 1. The van der Waals surface area contributed by atoms with Crippen molar-refractivity contribution >= 4 is 5.71 Å². The highest BCUT2D eigenvalue weighted by Crippen LogP contribution is 2.36. The first-order valence-electron chi connectivity index (χ1n) is 5.82. The Kier molecular flexibility index (Phi) is 2.20. The topological polar surface area (TPSA) is 24.4 Å². The lowest BCUT2D eigenvalue weighted by Gasteiger charge is -2.24. The first kappa shape index (κ1) is 8.96. The molecule has 78 valence electrons. The average molecular weight is 200 g/mol. The van der Waals surface area contributed by atoms with Crippen LogP contribution in [0.15, 0.2) is 35.4 Å². The van der Waals surface area contributed by atoms with Gasteiger partial charge in [-0.15, -0.1) is 0 Å². The molecule has 3 rings (SSSR count). The minimum Gasteiger partial charge on any atom is -0.302 e. The number of hydrogen-bond acceptors (Lipinski definition) is 2. The molecule has 1 aliphatic carbocycles. The van der Waals surface area contributed by atoms with Crippen LogP contribution in [0.25, 0.3) is 0 Å². The fourth-order valence-corrected chi connectivity index (χ4v) is 2.73. The molecule has 15 heavy (non-hydrogen) atoms. The summed E-state index contributed by atoms with van der Waals surface area (Å²) in [6.07, 6.45) is 5.17. The zero-order chi connectivity index (χ0) is 10.1. The van der Waals surface area contributed by atoms with Gasteiger partial charge in [-0.05, 0) is 24.8 Å². The van der Waals surface area contributed by atoms with Crippen LogP contribution < -0.4 is 5.43 Å². The van der Waals surface area contributed by atoms with Gasteiger partial charge in [-0.1, -0.05) is 36.8 Å². The van der Waals surface area contributed by atoms with Gasteiger partial charge in [0.1, 0.15) is 0 Å². The molecule has 0 spiro atoms. The number of fused-ring (bicyclic) bond motifs is 1. The van der Waals surface area contributed by atoms with E-state index in [1.165, 1.54) is 37.0 Å². The van der Waals surface area contributed by atoms with Gasteiger partial charge in [-0.2, -0.15) is 5.10 Å². The van der Waals surface area contributed by atoms with Gasteiger partial charge in [0, 0.05) is 11.6 Å². The molecule has 2 atom stereocenters. The number of nitrogens with zero attached hydrogens (tertiary/aromatic N) is 1. The average Bonchev–Trinajstić information content (AvgIpc) is 2.74. The first-order valence-corrected chi connectivity index (χ1v) is 5.82. The predicted octanol–water partition coefficient (Wildman–Crippen LogP) is 2.88. The van der Waals surface area contributed by atoms with Crippen LogP contribution >= 0.6 is 0 Å². The molecule has 0 aromatic heterocycles. The van der Waals surface area contributed by atoms with Crippen molar-refractivity contribution in [3.8, 4) is 0 Å². The quantitative estimate of drug-likeness (QED) is 0.740. The lowest BCUT2D eigenvalue weighted by molar-refractivity contribution is 0.437. The van der Waals surface area contributed by atoms with Gasteiger partial charge in [0.15, 0.2) is 0 Å². The van der Waals surface area contributed by atoms with Crippen molar-refractivity contribution in [3.63, 3.8) is 0 Å². The maximum absolute atomic E-state index is 4.48. The van der Waals surface area contributed by atoms with Crippen molar-refractivity contribution in [1.29, 1.82) is 0 Å².